The highest BCUT2D eigenvalue weighted by Gasteiger charge is 2.24. The van der Waals surface area contributed by atoms with Crippen molar-refractivity contribution in [1.82, 2.24) is 5.32 Å². The van der Waals surface area contributed by atoms with E-state index in [9.17, 15) is 9.18 Å². The summed E-state index contributed by atoms with van der Waals surface area (Å²) in [5, 5.41) is 5.85. The molecule has 2 N–H and O–H groups in total. The zero-order valence-electron chi connectivity index (χ0n) is 9.87. The van der Waals surface area contributed by atoms with Crippen LogP contribution in [0.15, 0.2) is 24.3 Å². The van der Waals surface area contributed by atoms with Crippen molar-refractivity contribution in [1.29, 1.82) is 0 Å². The first-order valence-electron chi connectivity index (χ1n) is 5.98. The molecule has 1 aliphatic rings. The Balaban J connectivity index is 1.99. The van der Waals surface area contributed by atoms with Gasteiger partial charge in [0.1, 0.15) is 5.82 Å². The number of carbonyl (C=O) groups excluding carboxylic acids is 1. The van der Waals surface area contributed by atoms with E-state index in [1.807, 2.05) is 0 Å². The monoisotopic (exact) mass is 236 g/mol. The molecule has 0 radical (unpaired) electrons. The smallest absolute Gasteiger partial charge is 0.241 e. The largest absolute Gasteiger partial charge is 0.322 e. The summed E-state index contributed by atoms with van der Waals surface area (Å²) in [4.78, 5) is 11.9. The molecule has 1 amide bonds. The molecule has 1 aromatic rings. The summed E-state index contributed by atoms with van der Waals surface area (Å²) >= 11 is 0. The van der Waals surface area contributed by atoms with Gasteiger partial charge < -0.3 is 10.6 Å². The van der Waals surface area contributed by atoms with Gasteiger partial charge in [0.25, 0.3) is 0 Å². The molecule has 2 atom stereocenters. The third kappa shape index (κ3) is 3.03. The quantitative estimate of drug-likeness (QED) is 0.827. The van der Waals surface area contributed by atoms with Crippen LogP contribution in [0.4, 0.5) is 10.1 Å². The highest BCUT2D eigenvalue weighted by Crippen LogP contribution is 2.16. The lowest BCUT2D eigenvalue weighted by Gasteiger charge is -2.27. The first kappa shape index (κ1) is 12.0. The van der Waals surface area contributed by atoms with Crippen LogP contribution in [0.2, 0.25) is 0 Å². The van der Waals surface area contributed by atoms with Crippen LogP contribution >= 0.6 is 0 Å². The van der Waals surface area contributed by atoms with E-state index in [-0.39, 0.29) is 17.6 Å². The van der Waals surface area contributed by atoms with Crippen LogP contribution in [0.1, 0.15) is 26.2 Å². The maximum atomic E-state index is 13.4. The number of amides is 1. The highest BCUT2D eigenvalue weighted by atomic mass is 19.1. The van der Waals surface area contributed by atoms with E-state index in [0.29, 0.717) is 6.04 Å². The molecule has 2 unspecified atom stereocenters. The molecular weight excluding hydrogens is 219 g/mol. The number of rotatable bonds is 2. The molecule has 1 heterocycles. The fourth-order valence-corrected chi connectivity index (χ4v) is 2.13. The summed E-state index contributed by atoms with van der Waals surface area (Å²) in [5.41, 5.74) is 0.248. The zero-order chi connectivity index (χ0) is 12.3. The molecule has 0 spiro atoms. The zero-order valence-corrected chi connectivity index (χ0v) is 9.87. The second-order valence-corrected chi connectivity index (χ2v) is 4.52. The molecular formula is C13H17FN2O. The summed E-state index contributed by atoms with van der Waals surface area (Å²) in [7, 11) is 0. The Morgan fingerprint density at radius 1 is 1.41 bits per heavy atom. The molecule has 3 nitrogen and oxygen atoms in total. The van der Waals surface area contributed by atoms with Crippen molar-refractivity contribution in [3.05, 3.63) is 30.1 Å². The highest BCUT2D eigenvalue weighted by molar-refractivity contribution is 5.95. The van der Waals surface area contributed by atoms with E-state index in [0.717, 1.165) is 19.3 Å². The van der Waals surface area contributed by atoms with Crippen molar-refractivity contribution in [3.63, 3.8) is 0 Å². The second-order valence-electron chi connectivity index (χ2n) is 4.52. The van der Waals surface area contributed by atoms with E-state index < -0.39 is 5.82 Å². The van der Waals surface area contributed by atoms with E-state index in [1.165, 1.54) is 6.07 Å². The Bertz CT molecular complexity index is 408. The normalized spacial score (nSPS) is 24.4. The molecule has 0 aliphatic carbocycles. The topological polar surface area (TPSA) is 41.1 Å². The van der Waals surface area contributed by atoms with Gasteiger partial charge in [-0.05, 0) is 38.3 Å². The van der Waals surface area contributed by atoms with Gasteiger partial charge in [0.2, 0.25) is 5.91 Å². The molecule has 0 bridgehead atoms. The van der Waals surface area contributed by atoms with Crippen molar-refractivity contribution in [2.75, 3.05) is 5.32 Å². The summed E-state index contributed by atoms with van der Waals surface area (Å²) in [6.07, 6.45) is 2.93. The Morgan fingerprint density at radius 3 is 2.88 bits per heavy atom. The minimum atomic E-state index is -0.398. The molecule has 17 heavy (non-hydrogen) atoms. The number of carbonyl (C=O) groups is 1. The summed E-state index contributed by atoms with van der Waals surface area (Å²) in [6, 6.07) is 6.35. The van der Waals surface area contributed by atoms with Crippen molar-refractivity contribution < 1.29 is 9.18 Å². The summed E-state index contributed by atoms with van der Waals surface area (Å²) in [5.74, 6) is -0.550. The van der Waals surface area contributed by atoms with Crippen LogP contribution in [-0.4, -0.2) is 18.0 Å². The van der Waals surface area contributed by atoms with E-state index in [4.69, 9.17) is 0 Å². The van der Waals surface area contributed by atoms with E-state index >= 15 is 0 Å². The lowest BCUT2D eigenvalue weighted by molar-refractivity contribution is -0.118. The predicted molar refractivity (Wildman–Crippen MR) is 65.3 cm³/mol. The average molecular weight is 236 g/mol. The molecule has 1 aromatic carbocycles. The van der Waals surface area contributed by atoms with Crippen LogP contribution in [0.3, 0.4) is 0 Å². The molecule has 1 aliphatic heterocycles. The molecule has 2 rings (SSSR count). The molecule has 0 saturated carbocycles. The number of halogens is 1. The van der Waals surface area contributed by atoms with Crippen molar-refractivity contribution in [3.8, 4) is 0 Å². The van der Waals surface area contributed by atoms with Gasteiger partial charge in [-0.25, -0.2) is 4.39 Å². The SMILES string of the molecule is CC1CCCC(C(=O)Nc2ccccc2F)N1. The molecule has 4 heteroatoms. The first-order valence-corrected chi connectivity index (χ1v) is 5.98. The van der Waals surface area contributed by atoms with Crippen LogP contribution in [0, 0.1) is 5.82 Å². The van der Waals surface area contributed by atoms with Crippen LogP contribution in [-0.2, 0) is 4.79 Å². The van der Waals surface area contributed by atoms with Gasteiger partial charge in [0, 0.05) is 6.04 Å². The van der Waals surface area contributed by atoms with E-state index in [1.54, 1.807) is 18.2 Å². The minimum absolute atomic E-state index is 0.151. The summed E-state index contributed by atoms with van der Waals surface area (Å²) in [6.45, 7) is 2.06. The van der Waals surface area contributed by atoms with Crippen LogP contribution < -0.4 is 10.6 Å². The standard InChI is InChI=1S/C13H17FN2O/c1-9-5-4-8-12(15-9)13(17)16-11-7-3-2-6-10(11)14/h2-3,6-7,9,12,15H,4-5,8H2,1H3,(H,16,17). The van der Waals surface area contributed by atoms with Gasteiger partial charge in [0.15, 0.2) is 0 Å². The van der Waals surface area contributed by atoms with E-state index in [2.05, 4.69) is 17.6 Å². The molecule has 0 aromatic heterocycles. The Morgan fingerprint density at radius 2 is 2.18 bits per heavy atom. The minimum Gasteiger partial charge on any atom is -0.322 e. The lowest BCUT2D eigenvalue weighted by atomic mass is 9.99. The number of hydrogen-bond donors (Lipinski definition) is 2. The summed E-state index contributed by atoms with van der Waals surface area (Å²) < 4.78 is 13.4. The average Bonchev–Trinajstić information content (AvgIpc) is 2.32. The number of anilines is 1. The predicted octanol–water partition coefficient (Wildman–Crippen LogP) is 2.29. The van der Waals surface area contributed by atoms with Crippen molar-refractivity contribution in [2.45, 2.75) is 38.3 Å². The van der Waals surface area contributed by atoms with Gasteiger partial charge in [-0.2, -0.15) is 0 Å². The Kier molecular flexibility index (Phi) is 3.74. The van der Waals surface area contributed by atoms with Gasteiger partial charge >= 0.3 is 0 Å². The van der Waals surface area contributed by atoms with Crippen molar-refractivity contribution >= 4 is 11.6 Å². The maximum Gasteiger partial charge on any atom is 0.241 e. The van der Waals surface area contributed by atoms with Gasteiger partial charge in [-0.3, -0.25) is 4.79 Å². The Labute approximate surface area is 100 Å². The van der Waals surface area contributed by atoms with Crippen LogP contribution in [0.5, 0.6) is 0 Å². The number of nitrogens with one attached hydrogen (secondary N) is 2. The number of benzene rings is 1. The Hall–Kier alpha value is -1.42. The van der Waals surface area contributed by atoms with Crippen molar-refractivity contribution in [2.24, 2.45) is 0 Å². The van der Waals surface area contributed by atoms with Gasteiger partial charge in [-0.1, -0.05) is 12.1 Å². The number of piperidine rings is 1. The number of hydrogen-bond acceptors (Lipinski definition) is 2. The fourth-order valence-electron chi connectivity index (χ4n) is 2.13. The maximum absolute atomic E-state index is 13.4. The lowest BCUT2D eigenvalue weighted by Crippen LogP contribution is -2.47. The first-order chi connectivity index (χ1) is 8.16. The molecule has 92 valence electrons. The third-order valence-electron chi connectivity index (χ3n) is 3.06. The van der Waals surface area contributed by atoms with Gasteiger partial charge in [0.05, 0.1) is 11.7 Å². The molecule has 1 fully saturated rings. The number of para-hydroxylation sites is 1. The molecule has 1 saturated heterocycles. The van der Waals surface area contributed by atoms with Gasteiger partial charge in [-0.15, -0.1) is 0 Å². The fraction of sp³-hybridized carbons (Fsp3) is 0.462. The third-order valence-corrected chi connectivity index (χ3v) is 3.06. The second kappa shape index (κ2) is 5.27. The van der Waals surface area contributed by atoms with Crippen LogP contribution in [0.25, 0.3) is 0 Å².